The zero-order chi connectivity index (χ0) is 8.60. The lowest BCUT2D eigenvalue weighted by Crippen LogP contribution is -2.39. The third-order valence-corrected chi connectivity index (χ3v) is 3.04. The van der Waals surface area contributed by atoms with Crippen molar-refractivity contribution in [3.8, 4) is 0 Å². The minimum Gasteiger partial charge on any atom is -0.487 e. The van der Waals surface area contributed by atoms with Crippen LogP contribution >= 0.6 is 0 Å². The van der Waals surface area contributed by atoms with Crippen molar-refractivity contribution in [1.29, 1.82) is 0 Å². The summed E-state index contributed by atoms with van der Waals surface area (Å²) in [6.07, 6.45) is 7.16. The predicted molar refractivity (Wildman–Crippen MR) is 45.6 cm³/mol. The Morgan fingerprint density at radius 1 is 1.50 bits per heavy atom. The van der Waals surface area contributed by atoms with Gasteiger partial charge in [-0.2, -0.15) is 0 Å². The Kier molecular flexibility index (Phi) is 1.71. The van der Waals surface area contributed by atoms with Crippen LogP contribution in [0.5, 0.6) is 0 Å². The van der Waals surface area contributed by atoms with E-state index in [2.05, 4.69) is 6.92 Å². The molecule has 1 heterocycles. The van der Waals surface area contributed by atoms with Crippen LogP contribution in [0.1, 0.15) is 32.6 Å². The highest BCUT2D eigenvalue weighted by Gasteiger charge is 2.43. The first-order chi connectivity index (χ1) is 5.73. The molecule has 0 aromatic carbocycles. The molecule has 2 heteroatoms. The molecule has 12 heavy (non-hydrogen) atoms. The van der Waals surface area contributed by atoms with Gasteiger partial charge < -0.3 is 4.74 Å². The van der Waals surface area contributed by atoms with Gasteiger partial charge in [-0.05, 0) is 31.6 Å². The summed E-state index contributed by atoms with van der Waals surface area (Å²) in [4.78, 5) is 11.4. The van der Waals surface area contributed by atoms with Gasteiger partial charge in [0.2, 0.25) is 5.78 Å². The van der Waals surface area contributed by atoms with Crippen molar-refractivity contribution >= 4 is 5.78 Å². The fraction of sp³-hybridized carbons (Fsp3) is 0.700. The van der Waals surface area contributed by atoms with E-state index in [0.29, 0.717) is 0 Å². The lowest BCUT2D eigenvalue weighted by Gasteiger charge is -2.33. The van der Waals surface area contributed by atoms with E-state index in [4.69, 9.17) is 4.74 Å². The van der Waals surface area contributed by atoms with Crippen molar-refractivity contribution in [1.82, 2.24) is 0 Å². The number of carbonyl (C=O) groups excluding carboxylic acids is 1. The Balaban J connectivity index is 2.09. The van der Waals surface area contributed by atoms with E-state index in [0.717, 1.165) is 31.6 Å². The number of ether oxygens (including phenoxy) is 1. The van der Waals surface area contributed by atoms with Crippen LogP contribution in [0.4, 0.5) is 0 Å². The van der Waals surface area contributed by atoms with E-state index in [1.807, 2.05) is 0 Å². The molecule has 0 unspecified atom stereocenters. The number of rotatable bonds is 0. The van der Waals surface area contributed by atoms with Crippen LogP contribution in [0.25, 0.3) is 0 Å². The van der Waals surface area contributed by atoms with Crippen LogP contribution in [0, 0.1) is 5.92 Å². The molecule has 1 spiro atoms. The summed E-state index contributed by atoms with van der Waals surface area (Å²) in [5.41, 5.74) is -0.438. The normalized spacial score (nSPS) is 40.4. The van der Waals surface area contributed by atoms with Crippen molar-refractivity contribution in [2.24, 2.45) is 5.92 Å². The van der Waals surface area contributed by atoms with Crippen molar-refractivity contribution in [3.63, 3.8) is 0 Å². The second kappa shape index (κ2) is 2.61. The Morgan fingerprint density at radius 3 is 2.67 bits per heavy atom. The van der Waals surface area contributed by atoms with Crippen molar-refractivity contribution < 1.29 is 9.53 Å². The molecule has 1 aliphatic heterocycles. The number of carbonyl (C=O) groups is 1. The maximum Gasteiger partial charge on any atom is 0.202 e. The number of hydrogen-bond donors (Lipinski definition) is 0. The third kappa shape index (κ3) is 1.06. The molecule has 0 amide bonds. The third-order valence-electron chi connectivity index (χ3n) is 3.04. The SMILES string of the molecule is CC1CCC2(CC1)OC=CC2=O. The van der Waals surface area contributed by atoms with Crippen LogP contribution in [-0.4, -0.2) is 11.4 Å². The molecule has 66 valence electrons. The monoisotopic (exact) mass is 166 g/mol. The molecule has 2 rings (SSSR count). The first-order valence-corrected chi connectivity index (χ1v) is 4.62. The molecule has 0 radical (unpaired) electrons. The Labute approximate surface area is 72.6 Å². The molecule has 0 aromatic rings. The highest BCUT2D eigenvalue weighted by Crippen LogP contribution is 2.38. The van der Waals surface area contributed by atoms with Gasteiger partial charge in [0.15, 0.2) is 5.60 Å². The van der Waals surface area contributed by atoms with Crippen LogP contribution in [-0.2, 0) is 9.53 Å². The van der Waals surface area contributed by atoms with Gasteiger partial charge in [-0.3, -0.25) is 4.79 Å². The molecule has 1 aliphatic carbocycles. The summed E-state index contributed by atoms with van der Waals surface area (Å²) in [5, 5.41) is 0. The van der Waals surface area contributed by atoms with Gasteiger partial charge in [-0.25, -0.2) is 0 Å². The molecule has 0 atom stereocenters. The highest BCUT2D eigenvalue weighted by atomic mass is 16.5. The van der Waals surface area contributed by atoms with Crippen molar-refractivity contribution in [3.05, 3.63) is 12.3 Å². The topological polar surface area (TPSA) is 26.3 Å². The standard InChI is InChI=1S/C10H14O2/c1-8-2-5-10(6-3-8)9(11)4-7-12-10/h4,7-8H,2-3,5-6H2,1H3. The quantitative estimate of drug-likeness (QED) is 0.550. The van der Waals surface area contributed by atoms with Gasteiger partial charge >= 0.3 is 0 Å². The molecule has 2 aliphatic rings. The van der Waals surface area contributed by atoms with E-state index in [9.17, 15) is 4.79 Å². The van der Waals surface area contributed by atoms with Crippen molar-refractivity contribution in [2.75, 3.05) is 0 Å². The smallest absolute Gasteiger partial charge is 0.202 e. The fourth-order valence-corrected chi connectivity index (χ4v) is 2.03. The number of hydrogen-bond acceptors (Lipinski definition) is 2. The fourth-order valence-electron chi connectivity index (χ4n) is 2.03. The molecule has 1 saturated carbocycles. The first-order valence-electron chi connectivity index (χ1n) is 4.62. The second-order valence-electron chi connectivity index (χ2n) is 3.96. The summed E-state index contributed by atoms with van der Waals surface area (Å²) in [6.45, 7) is 2.24. The van der Waals surface area contributed by atoms with E-state index in [1.54, 1.807) is 12.3 Å². The molecule has 2 nitrogen and oxygen atoms in total. The van der Waals surface area contributed by atoms with E-state index >= 15 is 0 Å². The molecule has 0 aromatic heterocycles. The Morgan fingerprint density at radius 2 is 2.17 bits per heavy atom. The molecule has 0 N–H and O–H groups in total. The summed E-state index contributed by atoms with van der Waals surface area (Å²) >= 11 is 0. The van der Waals surface area contributed by atoms with E-state index in [-0.39, 0.29) is 5.78 Å². The van der Waals surface area contributed by atoms with Gasteiger partial charge in [0.1, 0.15) is 0 Å². The minimum atomic E-state index is -0.438. The second-order valence-corrected chi connectivity index (χ2v) is 3.96. The summed E-state index contributed by atoms with van der Waals surface area (Å²) in [5.74, 6) is 0.932. The van der Waals surface area contributed by atoms with Crippen LogP contribution in [0.3, 0.4) is 0 Å². The minimum absolute atomic E-state index is 0.175. The number of ketones is 1. The Hall–Kier alpha value is -0.790. The summed E-state index contributed by atoms with van der Waals surface area (Å²) in [7, 11) is 0. The molecule has 1 fully saturated rings. The summed E-state index contributed by atoms with van der Waals surface area (Å²) in [6, 6.07) is 0. The molecular weight excluding hydrogens is 152 g/mol. The lowest BCUT2D eigenvalue weighted by atomic mass is 9.78. The van der Waals surface area contributed by atoms with Crippen LogP contribution in [0.2, 0.25) is 0 Å². The van der Waals surface area contributed by atoms with Crippen molar-refractivity contribution in [2.45, 2.75) is 38.2 Å². The zero-order valence-corrected chi connectivity index (χ0v) is 7.38. The van der Waals surface area contributed by atoms with Crippen LogP contribution in [0.15, 0.2) is 12.3 Å². The molecular formula is C10H14O2. The Bertz CT molecular complexity index is 222. The van der Waals surface area contributed by atoms with Gasteiger partial charge in [0.05, 0.1) is 6.26 Å². The predicted octanol–water partition coefficient (Wildman–Crippen LogP) is 2.05. The largest absolute Gasteiger partial charge is 0.487 e. The van der Waals surface area contributed by atoms with E-state index < -0.39 is 5.60 Å². The molecule has 0 saturated heterocycles. The van der Waals surface area contributed by atoms with E-state index in [1.165, 1.54) is 0 Å². The van der Waals surface area contributed by atoms with Crippen LogP contribution < -0.4 is 0 Å². The average Bonchev–Trinajstić information content (AvgIpc) is 2.41. The van der Waals surface area contributed by atoms with Gasteiger partial charge in [-0.15, -0.1) is 0 Å². The summed E-state index contributed by atoms with van der Waals surface area (Å²) < 4.78 is 5.41. The average molecular weight is 166 g/mol. The first kappa shape index (κ1) is 7.84. The maximum absolute atomic E-state index is 11.4. The van der Waals surface area contributed by atoms with Gasteiger partial charge in [-0.1, -0.05) is 6.92 Å². The zero-order valence-electron chi connectivity index (χ0n) is 7.38. The maximum atomic E-state index is 11.4. The molecule has 0 bridgehead atoms. The van der Waals surface area contributed by atoms with Gasteiger partial charge in [0.25, 0.3) is 0 Å². The van der Waals surface area contributed by atoms with Gasteiger partial charge in [0, 0.05) is 6.08 Å². The highest BCUT2D eigenvalue weighted by molar-refractivity contribution is 5.98. The lowest BCUT2D eigenvalue weighted by molar-refractivity contribution is -0.133.